The second kappa shape index (κ2) is 13.4. The fraction of sp³-hybridized carbons (Fsp3) is 0.938. The topological polar surface area (TPSA) is 44.4 Å². The maximum atomic E-state index is 11.9. The first-order valence-corrected chi connectivity index (χ1v) is 8.60. The van der Waals surface area contributed by atoms with Gasteiger partial charge in [0.15, 0.2) is 0 Å². The SMILES string of the molecule is Cl.Cl.O=C(NCCCCCN1CCCCC1)[C@H]1CCCCN1. The Morgan fingerprint density at radius 1 is 1.00 bits per heavy atom. The van der Waals surface area contributed by atoms with Crippen molar-refractivity contribution in [2.24, 2.45) is 0 Å². The molecule has 0 spiro atoms. The number of amides is 1. The van der Waals surface area contributed by atoms with Gasteiger partial charge in [-0.3, -0.25) is 4.79 Å². The van der Waals surface area contributed by atoms with E-state index in [-0.39, 0.29) is 36.8 Å². The molecule has 2 aliphatic rings. The molecule has 4 nitrogen and oxygen atoms in total. The fourth-order valence-electron chi connectivity index (χ4n) is 3.23. The van der Waals surface area contributed by atoms with Crippen LogP contribution in [0, 0.1) is 0 Å². The number of piperidine rings is 2. The van der Waals surface area contributed by atoms with E-state index >= 15 is 0 Å². The standard InChI is InChI=1S/C16H31N3O.2ClH/c20-16(15-9-3-5-10-17-15)18-11-4-1-6-12-19-13-7-2-8-14-19;;/h15,17H,1-14H2,(H,18,20);2*1H/t15-;;/m1../s1. The van der Waals surface area contributed by atoms with E-state index in [9.17, 15) is 4.79 Å². The zero-order valence-corrected chi connectivity index (χ0v) is 15.3. The number of hydrogen-bond donors (Lipinski definition) is 2. The minimum absolute atomic E-state index is 0. The van der Waals surface area contributed by atoms with Crippen LogP contribution < -0.4 is 10.6 Å². The highest BCUT2D eigenvalue weighted by Gasteiger charge is 2.19. The summed E-state index contributed by atoms with van der Waals surface area (Å²) in [5.41, 5.74) is 0. The quantitative estimate of drug-likeness (QED) is 0.691. The van der Waals surface area contributed by atoms with E-state index in [2.05, 4.69) is 15.5 Å². The van der Waals surface area contributed by atoms with Crippen LogP contribution in [0.3, 0.4) is 0 Å². The third-order valence-electron chi connectivity index (χ3n) is 4.53. The third kappa shape index (κ3) is 8.56. The van der Waals surface area contributed by atoms with Gasteiger partial charge in [-0.15, -0.1) is 24.8 Å². The van der Waals surface area contributed by atoms with Gasteiger partial charge in [-0.05, 0) is 64.7 Å². The molecule has 2 fully saturated rings. The summed E-state index contributed by atoms with van der Waals surface area (Å²) in [7, 11) is 0. The molecule has 0 aromatic rings. The Bertz CT molecular complexity index is 281. The van der Waals surface area contributed by atoms with Gasteiger partial charge >= 0.3 is 0 Å². The molecule has 0 saturated carbocycles. The van der Waals surface area contributed by atoms with Crippen molar-refractivity contribution >= 4 is 30.7 Å². The molecule has 0 aromatic heterocycles. The van der Waals surface area contributed by atoms with Crippen molar-refractivity contribution in [1.82, 2.24) is 15.5 Å². The molecule has 1 atom stereocenters. The second-order valence-corrected chi connectivity index (χ2v) is 6.26. The lowest BCUT2D eigenvalue weighted by Gasteiger charge is -2.26. The van der Waals surface area contributed by atoms with Crippen molar-refractivity contribution in [2.45, 2.75) is 63.8 Å². The molecule has 0 bridgehead atoms. The molecule has 1 amide bonds. The van der Waals surface area contributed by atoms with E-state index in [1.165, 1.54) is 64.6 Å². The van der Waals surface area contributed by atoms with Crippen molar-refractivity contribution in [3.63, 3.8) is 0 Å². The van der Waals surface area contributed by atoms with E-state index in [4.69, 9.17) is 0 Å². The first kappa shape index (κ1) is 22.0. The average Bonchev–Trinajstić information content (AvgIpc) is 2.52. The maximum Gasteiger partial charge on any atom is 0.237 e. The van der Waals surface area contributed by atoms with Gasteiger partial charge in [-0.1, -0.05) is 19.3 Å². The number of hydrogen-bond acceptors (Lipinski definition) is 3. The summed E-state index contributed by atoms with van der Waals surface area (Å²) >= 11 is 0. The van der Waals surface area contributed by atoms with Crippen LogP contribution in [0.5, 0.6) is 0 Å². The summed E-state index contributed by atoms with van der Waals surface area (Å²) in [4.78, 5) is 14.5. The Labute approximate surface area is 148 Å². The molecule has 132 valence electrons. The van der Waals surface area contributed by atoms with Crippen LogP contribution in [0.2, 0.25) is 0 Å². The first-order valence-electron chi connectivity index (χ1n) is 8.60. The van der Waals surface area contributed by atoms with Crippen LogP contribution in [0.4, 0.5) is 0 Å². The zero-order chi connectivity index (χ0) is 14.0. The highest BCUT2D eigenvalue weighted by atomic mass is 35.5. The van der Waals surface area contributed by atoms with Crippen molar-refractivity contribution in [3.05, 3.63) is 0 Å². The van der Waals surface area contributed by atoms with Crippen LogP contribution in [-0.2, 0) is 4.79 Å². The summed E-state index contributed by atoms with van der Waals surface area (Å²) in [6.45, 7) is 5.68. The van der Waals surface area contributed by atoms with Crippen LogP contribution in [0.25, 0.3) is 0 Å². The third-order valence-corrected chi connectivity index (χ3v) is 4.53. The Balaban J connectivity index is 0.00000220. The van der Waals surface area contributed by atoms with E-state index in [0.29, 0.717) is 0 Å². The second-order valence-electron chi connectivity index (χ2n) is 6.26. The summed E-state index contributed by atoms with van der Waals surface area (Å²) in [6.07, 6.45) is 11.2. The van der Waals surface area contributed by atoms with Gasteiger partial charge in [0.05, 0.1) is 6.04 Å². The number of likely N-dealkylation sites (tertiary alicyclic amines) is 1. The largest absolute Gasteiger partial charge is 0.355 e. The van der Waals surface area contributed by atoms with Gasteiger partial charge in [0.25, 0.3) is 0 Å². The molecule has 0 aliphatic carbocycles. The minimum atomic E-state index is 0. The van der Waals surface area contributed by atoms with Crippen molar-refractivity contribution in [3.8, 4) is 0 Å². The highest BCUT2D eigenvalue weighted by Crippen LogP contribution is 2.10. The maximum absolute atomic E-state index is 11.9. The Hall–Kier alpha value is -0.0300. The van der Waals surface area contributed by atoms with Crippen molar-refractivity contribution in [2.75, 3.05) is 32.7 Å². The molecule has 2 N–H and O–H groups in total. The number of unbranched alkanes of at least 4 members (excludes halogenated alkanes) is 2. The van der Waals surface area contributed by atoms with Crippen LogP contribution >= 0.6 is 24.8 Å². The minimum Gasteiger partial charge on any atom is -0.355 e. The number of halogens is 2. The number of nitrogens with zero attached hydrogens (tertiary/aromatic N) is 1. The van der Waals surface area contributed by atoms with Gasteiger partial charge in [0, 0.05) is 6.54 Å². The average molecular weight is 354 g/mol. The van der Waals surface area contributed by atoms with Gasteiger partial charge in [-0.25, -0.2) is 0 Å². The lowest BCUT2D eigenvalue weighted by molar-refractivity contribution is -0.123. The molecular formula is C16H33Cl2N3O. The van der Waals surface area contributed by atoms with Crippen molar-refractivity contribution < 1.29 is 4.79 Å². The Morgan fingerprint density at radius 3 is 2.45 bits per heavy atom. The number of carbonyl (C=O) groups is 1. The number of nitrogens with one attached hydrogen (secondary N) is 2. The monoisotopic (exact) mass is 353 g/mol. The van der Waals surface area contributed by atoms with Crippen LogP contribution in [0.1, 0.15) is 57.8 Å². The number of rotatable bonds is 7. The molecule has 0 radical (unpaired) electrons. The molecule has 2 heterocycles. The lowest BCUT2D eigenvalue weighted by atomic mass is 10.0. The molecule has 0 aromatic carbocycles. The first-order chi connectivity index (χ1) is 9.86. The molecule has 6 heteroatoms. The van der Waals surface area contributed by atoms with Gasteiger partial charge in [0.2, 0.25) is 5.91 Å². The summed E-state index contributed by atoms with van der Waals surface area (Å²) < 4.78 is 0. The summed E-state index contributed by atoms with van der Waals surface area (Å²) in [5, 5.41) is 6.37. The molecule has 2 saturated heterocycles. The highest BCUT2D eigenvalue weighted by molar-refractivity contribution is 5.85. The number of carbonyl (C=O) groups excluding carboxylic acids is 1. The predicted octanol–water partition coefficient (Wildman–Crippen LogP) is 2.74. The smallest absolute Gasteiger partial charge is 0.237 e. The normalized spacial score (nSPS) is 22.3. The van der Waals surface area contributed by atoms with Crippen molar-refractivity contribution in [1.29, 1.82) is 0 Å². The Kier molecular flexibility index (Phi) is 13.4. The fourth-order valence-corrected chi connectivity index (χ4v) is 3.23. The predicted molar refractivity (Wildman–Crippen MR) is 97.3 cm³/mol. The molecule has 22 heavy (non-hydrogen) atoms. The van der Waals surface area contributed by atoms with Gasteiger partial charge in [0.1, 0.15) is 0 Å². The summed E-state index contributed by atoms with van der Waals surface area (Å²) in [6, 6.07) is 0.0668. The van der Waals surface area contributed by atoms with E-state index in [0.717, 1.165) is 25.9 Å². The summed E-state index contributed by atoms with van der Waals surface area (Å²) in [5.74, 6) is 0.209. The lowest BCUT2D eigenvalue weighted by Crippen LogP contribution is -2.46. The molecule has 2 aliphatic heterocycles. The van der Waals surface area contributed by atoms with E-state index < -0.39 is 0 Å². The van der Waals surface area contributed by atoms with E-state index in [1.807, 2.05) is 0 Å². The van der Waals surface area contributed by atoms with Gasteiger partial charge in [-0.2, -0.15) is 0 Å². The zero-order valence-electron chi connectivity index (χ0n) is 13.6. The van der Waals surface area contributed by atoms with Gasteiger partial charge < -0.3 is 15.5 Å². The Morgan fingerprint density at radius 2 is 1.77 bits per heavy atom. The van der Waals surface area contributed by atoms with Crippen LogP contribution in [-0.4, -0.2) is 49.6 Å². The molecule has 0 unspecified atom stereocenters. The molecule has 2 rings (SSSR count). The van der Waals surface area contributed by atoms with Crippen LogP contribution in [0.15, 0.2) is 0 Å². The molecular weight excluding hydrogens is 321 g/mol. The van der Waals surface area contributed by atoms with E-state index in [1.54, 1.807) is 0 Å².